The van der Waals surface area contributed by atoms with Gasteiger partial charge in [-0.2, -0.15) is 0 Å². The average molecular weight is 596 g/mol. The number of nitrogens with one attached hydrogen (secondary N) is 2. The molecule has 0 fully saturated rings. The van der Waals surface area contributed by atoms with E-state index in [-0.39, 0.29) is 35.6 Å². The summed E-state index contributed by atoms with van der Waals surface area (Å²) in [6, 6.07) is 16.3. The molecule has 0 aromatic heterocycles. The molecule has 2 N–H and O–H groups in total. The standard InChI is InChI=1S/C35H50ClN3O3/c1-11-28(35(8,9)26-15-13-12-14-16-26)32(41)38-30(34(5,6)7)33(42)39(10)29(23(2)3)21-24(4)31(40)37-22-25-17-19-27(36)20-18-25/h12-21,23,28-30H,11,22H2,1-10H3,(H,37,40)(H,38,41)/b24-21+/t28-,29-,30-/m1/s1. The van der Waals surface area contributed by atoms with Crippen LogP contribution in [0.1, 0.15) is 79.9 Å². The largest absolute Gasteiger partial charge is 0.348 e. The number of hydrogen-bond donors (Lipinski definition) is 2. The SMILES string of the molecule is CC[C@H](C(=O)N[C@H](C(=O)N(C)[C@H](/C=C(\C)C(=O)NCc1ccc(Cl)cc1)C(C)C)C(C)(C)C)C(C)(C)c1ccccc1. The van der Waals surface area contributed by atoms with Gasteiger partial charge in [0.2, 0.25) is 17.7 Å². The number of halogens is 1. The molecule has 0 aliphatic rings. The van der Waals surface area contributed by atoms with Crippen molar-refractivity contribution in [1.82, 2.24) is 15.5 Å². The molecule has 0 spiro atoms. The molecule has 0 aliphatic carbocycles. The second-order valence-corrected chi connectivity index (χ2v) is 13.6. The van der Waals surface area contributed by atoms with Gasteiger partial charge in [0.05, 0.1) is 6.04 Å². The first-order chi connectivity index (χ1) is 19.5. The van der Waals surface area contributed by atoms with E-state index in [1.165, 1.54) is 0 Å². The first-order valence-electron chi connectivity index (χ1n) is 14.8. The fraction of sp³-hybridized carbons (Fsp3) is 0.514. The van der Waals surface area contributed by atoms with Crippen molar-refractivity contribution in [3.8, 4) is 0 Å². The van der Waals surface area contributed by atoms with E-state index >= 15 is 0 Å². The van der Waals surface area contributed by atoms with Gasteiger partial charge in [-0.1, -0.05) is 116 Å². The van der Waals surface area contributed by atoms with E-state index in [1.807, 2.05) is 90.1 Å². The van der Waals surface area contributed by atoms with Gasteiger partial charge in [0.1, 0.15) is 6.04 Å². The van der Waals surface area contributed by atoms with E-state index in [2.05, 4.69) is 24.5 Å². The molecule has 0 bridgehead atoms. The smallest absolute Gasteiger partial charge is 0.246 e. The van der Waals surface area contributed by atoms with Crippen molar-refractivity contribution < 1.29 is 14.4 Å². The van der Waals surface area contributed by atoms with Gasteiger partial charge in [-0.3, -0.25) is 14.4 Å². The summed E-state index contributed by atoms with van der Waals surface area (Å²) in [5.41, 5.74) is 1.59. The molecular formula is C35H50ClN3O3. The normalized spacial score (nSPS) is 14.6. The van der Waals surface area contributed by atoms with E-state index in [4.69, 9.17) is 11.6 Å². The van der Waals surface area contributed by atoms with Crippen LogP contribution in [0.2, 0.25) is 5.02 Å². The lowest BCUT2D eigenvalue weighted by Crippen LogP contribution is -2.58. The lowest BCUT2D eigenvalue weighted by Gasteiger charge is -2.40. The summed E-state index contributed by atoms with van der Waals surface area (Å²) in [5.74, 6) is -0.814. The highest BCUT2D eigenvalue weighted by Crippen LogP contribution is 2.35. The Morgan fingerprint density at radius 2 is 1.52 bits per heavy atom. The van der Waals surface area contributed by atoms with Crippen molar-refractivity contribution in [3.63, 3.8) is 0 Å². The Labute approximate surface area is 258 Å². The molecule has 230 valence electrons. The maximum absolute atomic E-state index is 14.1. The van der Waals surface area contributed by atoms with Crippen molar-refractivity contribution >= 4 is 29.3 Å². The van der Waals surface area contributed by atoms with Crippen LogP contribution in [-0.4, -0.2) is 41.8 Å². The Kier molecular flexibility index (Phi) is 12.4. The predicted molar refractivity (Wildman–Crippen MR) is 173 cm³/mol. The minimum atomic E-state index is -0.746. The van der Waals surface area contributed by atoms with Gasteiger partial charge in [-0.05, 0) is 47.9 Å². The maximum atomic E-state index is 14.1. The van der Waals surface area contributed by atoms with Gasteiger partial charge in [0.15, 0.2) is 0 Å². The molecular weight excluding hydrogens is 546 g/mol. The number of nitrogens with zero attached hydrogens (tertiary/aromatic N) is 1. The highest BCUT2D eigenvalue weighted by atomic mass is 35.5. The van der Waals surface area contributed by atoms with Crippen LogP contribution in [0.15, 0.2) is 66.2 Å². The molecule has 3 amide bonds. The number of likely N-dealkylation sites (N-methyl/N-ethyl adjacent to an activating group) is 1. The van der Waals surface area contributed by atoms with Gasteiger partial charge in [-0.15, -0.1) is 0 Å². The molecule has 0 saturated heterocycles. The minimum Gasteiger partial charge on any atom is -0.348 e. The molecule has 7 heteroatoms. The van der Waals surface area contributed by atoms with Crippen LogP contribution < -0.4 is 10.6 Å². The molecule has 0 saturated carbocycles. The van der Waals surface area contributed by atoms with Crippen molar-refractivity contribution in [2.45, 2.75) is 92.8 Å². The Morgan fingerprint density at radius 1 is 0.952 bits per heavy atom. The van der Waals surface area contributed by atoms with Crippen molar-refractivity contribution in [2.24, 2.45) is 17.3 Å². The number of hydrogen-bond acceptors (Lipinski definition) is 3. The lowest BCUT2D eigenvalue weighted by atomic mass is 9.71. The summed E-state index contributed by atoms with van der Waals surface area (Å²) in [4.78, 5) is 42.5. The summed E-state index contributed by atoms with van der Waals surface area (Å²) in [7, 11) is 1.75. The third kappa shape index (κ3) is 9.19. The van der Waals surface area contributed by atoms with Gasteiger partial charge in [0, 0.05) is 35.5 Å². The second-order valence-electron chi connectivity index (χ2n) is 13.2. The fourth-order valence-electron chi connectivity index (χ4n) is 5.34. The summed E-state index contributed by atoms with van der Waals surface area (Å²) in [6.45, 7) is 18.2. The Balaban J connectivity index is 2.25. The predicted octanol–water partition coefficient (Wildman–Crippen LogP) is 6.92. The number of carbonyl (C=O) groups is 3. The molecule has 42 heavy (non-hydrogen) atoms. The molecule has 2 rings (SSSR count). The zero-order chi connectivity index (χ0) is 31.8. The van der Waals surface area contributed by atoms with Crippen molar-refractivity contribution in [2.75, 3.05) is 7.05 Å². The monoisotopic (exact) mass is 595 g/mol. The summed E-state index contributed by atoms with van der Waals surface area (Å²) >= 11 is 5.96. The van der Waals surface area contributed by atoms with Crippen LogP contribution in [0.4, 0.5) is 0 Å². The molecule has 6 nitrogen and oxygen atoms in total. The third-order valence-electron chi connectivity index (χ3n) is 8.14. The van der Waals surface area contributed by atoms with Crippen molar-refractivity contribution in [1.29, 1.82) is 0 Å². The summed E-state index contributed by atoms with van der Waals surface area (Å²) in [5, 5.41) is 6.72. The zero-order valence-corrected chi connectivity index (χ0v) is 27.8. The van der Waals surface area contributed by atoms with Crippen LogP contribution in [0, 0.1) is 17.3 Å². The highest BCUT2D eigenvalue weighted by molar-refractivity contribution is 6.30. The van der Waals surface area contributed by atoms with Crippen molar-refractivity contribution in [3.05, 3.63) is 82.4 Å². The van der Waals surface area contributed by atoms with Crippen LogP contribution in [0.5, 0.6) is 0 Å². The van der Waals surface area contributed by atoms with E-state index in [0.717, 1.165) is 11.1 Å². The lowest BCUT2D eigenvalue weighted by molar-refractivity contribution is -0.141. The first kappa shape index (κ1) is 35.1. The molecule has 2 aromatic carbocycles. The van der Waals surface area contributed by atoms with Crippen LogP contribution in [0.3, 0.4) is 0 Å². The van der Waals surface area contributed by atoms with Gasteiger partial charge < -0.3 is 15.5 Å². The molecule has 0 aliphatic heterocycles. The first-order valence-corrected chi connectivity index (χ1v) is 15.2. The number of benzene rings is 2. The van der Waals surface area contributed by atoms with Crippen LogP contribution in [-0.2, 0) is 26.3 Å². The Bertz CT molecular complexity index is 1230. The third-order valence-corrected chi connectivity index (χ3v) is 8.39. The molecule has 0 unspecified atom stereocenters. The molecule has 2 aromatic rings. The van der Waals surface area contributed by atoms with E-state index in [0.29, 0.717) is 23.6 Å². The maximum Gasteiger partial charge on any atom is 0.246 e. The number of amides is 3. The summed E-state index contributed by atoms with van der Waals surface area (Å²) in [6.07, 6.45) is 2.48. The topological polar surface area (TPSA) is 78.5 Å². The Morgan fingerprint density at radius 3 is 2.02 bits per heavy atom. The van der Waals surface area contributed by atoms with E-state index < -0.39 is 16.9 Å². The average Bonchev–Trinajstić information content (AvgIpc) is 2.93. The minimum absolute atomic E-state index is 0.0367. The zero-order valence-electron chi connectivity index (χ0n) is 27.0. The highest BCUT2D eigenvalue weighted by Gasteiger charge is 2.41. The fourth-order valence-corrected chi connectivity index (χ4v) is 5.47. The van der Waals surface area contributed by atoms with Gasteiger partial charge >= 0.3 is 0 Å². The Hall–Kier alpha value is -3.12. The molecule has 0 heterocycles. The van der Waals surface area contributed by atoms with Crippen LogP contribution >= 0.6 is 11.6 Å². The number of rotatable bonds is 12. The van der Waals surface area contributed by atoms with Crippen LogP contribution in [0.25, 0.3) is 0 Å². The summed E-state index contributed by atoms with van der Waals surface area (Å²) < 4.78 is 0. The molecule has 0 radical (unpaired) electrons. The van der Waals surface area contributed by atoms with E-state index in [9.17, 15) is 14.4 Å². The molecule has 3 atom stereocenters. The second kappa shape index (κ2) is 14.9. The quantitative estimate of drug-likeness (QED) is 0.261. The van der Waals surface area contributed by atoms with E-state index in [1.54, 1.807) is 31.0 Å². The van der Waals surface area contributed by atoms with Gasteiger partial charge in [-0.25, -0.2) is 0 Å². The number of carbonyl (C=O) groups excluding carboxylic acids is 3. The van der Waals surface area contributed by atoms with Gasteiger partial charge in [0.25, 0.3) is 0 Å².